The number of sulfone groups is 1. The SMILES string of the molecule is Cc1cc(C2CCN(C3CCNCC3)[C@H](CC(C)C)C2)cc2c1nc(-c1ccc(S(C)(=O)=O)cc1)n2C. The molecule has 1 aromatic heterocycles. The highest BCUT2D eigenvalue weighted by atomic mass is 32.2. The number of hydrogen-bond donors (Lipinski definition) is 1. The number of aromatic nitrogens is 2. The van der Waals surface area contributed by atoms with Gasteiger partial charge in [0.25, 0.3) is 0 Å². The summed E-state index contributed by atoms with van der Waals surface area (Å²) in [5, 5.41) is 3.53. The van der Waals surface area contributed by atoms with Gasteiger partial charge in [-0.1, -0.05) is 19.9 Å². The van der Waals surface area contributed by atoms with Gasteiger partial charge < -0.3 is 9.88 Å². The Balaban J connectivity index is 1.44. The third-order valence-electron chi connectivity index (χ3n) is 8.49. The lowest BCUT2D eigenvalue weighted by atomic mass is 9.80. The number of imidazole rings is 1. The van der Waals surface area contributed by atoms with E-state index >= 15 is 0 Å². The van der Waals surface area contributed by atoms with Gasteiger partial charge in [-0.2, -0.15) is 0 Å². The van der Waals surface area contributed by atoms with Gasteiger partial charge >= 0.3 is 0 Å². The summed E-state index contributed by atoms with van der Waals surface area (Å²) in [6.45, 7) is 10.4. The van der Waals surface area contributed by atoms with E-state index in [4.69, 9.17) is 4.98 Å². The van der Waals surface area contributed by atoms with E-state index in [1.54, 1.807) is 12.1 Å². The van der Waals surface area contributed by atoms with Crippen molar-refractivity contribution in [1.82, 2.24) is 19.8 Å². The van der Waals surface area contributed by atoms with Crippen molar-refractivity contribution in [3.8, 4) is 11.4 Å². The Morgan fingerprint density at radius 2 is 1.78 bits per heavy atom. The van der Waals surface area contributed by atoms with Crippen LogP contribution < -0.4 is 5.32 Å². The van der Waals surface area contributed by atoms with Crippen LogP contribution in [0.3, 0.4) is 0 Å². The number of rotatable bonds is 6. The first kappa shape index (κ1) is 26.4. The molecule has 0 bridgehead atoms. The molecule has 3 heterocycles. The lowest BCUT2D eigenvalue weighted by Crippen LogP contribution is -2.51. The molecular formula is C30H42N4O2S. The zero-order chi connectivity index (χ0) is 26.3. The number of fused-ring (bicyclic) bond motifs is 1. The van der Waals surface area contributed by atoms with Crippen LogP contribution in [0, 0.1) is 12.8 Å². The summed E-state index contributed by atoms with van der Waals surface area (Å²) in [7, 11) is -1.15. The monoisotopic (exact) mass is 522 g/mol. The first-order chi connectivity index (χ1) is 17.6. The lowest BCUT2D eigenvalue weighted by molar-refractivity contribution is 0.0562. The van der Waals surface area contributed by atoms with Gasteiger partial charge in [-0.15, -0.1) is 0 Å². The van der Waals surface area contributed by atoms with Gasteiger partial charge in [-0.05, 0) is 112 Å². The number of piperidine rings is 2. The Bertz CT molecular complexity index is 1350. The summed E-state index contributed by atoms with van der Waals surface area (Å²) in [4.78, 5) is 8.17. The number of aryl methyl sites for hydroxylation is 2. The van der Waals surface area contributed by atoms with E-state index in [9.17, 15) is 8.42 Å². The smallest absolute Gasteiger partial charge is 0.175 e. The molecule has 2 saturated heterocycles. The fourth-order valence-corrected chi connectivity index (χ4v) is 7.23. The Labute approximate surface area is 222 Å². The fourth-order valence-electron chi connectivity index (χ4n) is 6.60. The molecular weight excluding hydrogens is 480 g/mol. The molecule has 2 aliphatic heterocycles. The maximum atomic E-state index is 11.9. The highest BCUT2D eigenvalue weighted by molar-refractivity contribution is 7.90. The number of benzene rings is 2. The van der Waals surface area contributed by atoms with Crippen LogP contribution in [0.4, 0.5) is 0 Å². The molecule has 3 aromatic rings. The average molecular weight is 523 g/mol. The van der Waals surface area contributed by atoms with Crippen LogP contribution in [-0.2, 0) is 16.9 Å². The number of hydrogen-bond acceptors (Lipinski definition) is 5. The standard InChI is InChI=1S/C30H42N4O2S/c1-20(2)16-26-18-23(12-15-34(26)25-10-13-31-14-11-25)24-17-21(3)29-28(19-24)33(4)30(32-29)22-6-8-27(9-7-22)37(5,35)36/h6-9,17,19-20,23,25-26,31H,10-16,18H2,1-5H3/t23?,26-/m1/s1. The van der Waals surface area contributed by atoms with Crippen molar-refractivity contribution in [3.05, 3.63) is 47.5 Å². The minimum absolute atomic E-state index is 0.334. The van der Waals surface area contributed by atoms with Crippen molar-refractivity contribution in [2.24, 2.45) is 13.0 Å². The van der Waals surface area contributed by atoms with Crippen molar-refractivity contribution in [3.63, 3.8) is 0 Å². The normalized spacial score (nSPS) is 22.2. The number of nitrogens with zero attached hydrogens (tertiary/aromatic N) is 3. The molecule has 0 saturated carbocycles. The summed E-state index contributed by atoms with van der Waals surface area (Å²) < 4.78 is 25.9. The molecule has 0 spiro atoms. The third-order valence-corrected chi connectivity index (χ3v) is 9.62. The zero-order valence-corrected chi connectivity index (χ0v) is 23.8. The molecule has 2 aliphatic rings. The Morgan fingerprint density at radius 1 is 1.08 bits per heavy atom. The third kappa shape index (κ3) is 5.50. The van der Waals surface area contributed by atoms with Crippen LogP contribution in [0.25, 0.3) is 22.4 Å². The summed E-state index contributed by atoms with van der Waals surface area (Å²) >= 11 is 0. The predicted molar refractivity (Wildman–Crippen MR) is 152 cm³/mol. The Hall–Kier alpha value is -2.22. The lowest BCUT2D eigenvalue weighted by Gasteiger charge is -2.46. The molecule has 0 aliphatic carbocycles. The zero-order valence-electron chi connectivity index (χ0n) is 23.0. The van der Waals surface area contributed by atoms with Gasteiger partial charge in [-0.25, -0.2) is 13.4 Å². The Morgan fingerprint density at radius 3 is 2.43 bits per heavy atom. The van der Waals surface area contributed by atoms with E-state index in [1.807, 2.05) is 12.1 Å². The molecule has 2 atom stereocenters. The van der Waals surface area contributed by atoms with Crippen LogP contribution in [0.15, 0.2) is 41.3 Å². The van der Waals surface area contributed by atoms with E-state index in [2.05, 4.69) is 54.7 Å². The Kier molecular flexibility index (Phi) is 7.49. The van der Waals surface area contributed by atoms with E-state index in [-0.39, 0.29) is 0 Å². The quantitative estimate of drug-likeness (QED) is 0.476. The maximum Gasteiger partial charge on any atom is 0.175 e. The van der Waals surface area contributed by atoms with E-state index in [0.29, 0.717) is 22.8 Å². The van der Waals surface area contributed by atoms with Crippen LogP contribution in [0.5, 0.6) is 0 Å². The second kappa shape index (κ2) is 10.5. The van der Waals surface area contributed by atoms with E-state index in [1.165, 1.54) is 56.0 Å². The highest BCUT2D eigenvalue weighted by Crippen LogP contribution is 2.38. The van der Waals surface area contributed by atoms with Gasteiger partial charge in [-0.3, -0.25) is 4.90 Å². The van der Waals surface area contributed by atoms with Crippen LogP contribution in [0.1, 0.15) is 63.0 Å². The van der Waals surface area contributed by atoms with Crippen LogP contribution in [-0.4, -0.2) is 60.8 Å². The van der Waals surface area contributed by atoms with Crippen LogP contribution >= 0.6 is 0 Å². The molecule has 1 N–H and O–H groups in total. The van der Waals surface area contributed by atoms with Gasteiger partial charge in [0.05, 0.1) is 15.9 Å². The highest BCUT2D eigenvalue weighted by Gasteiger charge is 2.34. The second-order valence-electron chi connectivity index (χ2n) is 11.7. The minimum atomic E-state index is -3.22. The molecule has 37 heavy (non-hydrogen) atoms. The fraction of sp³-hybridized carbons (Fsp3) is 0.567. The van der Waals surface area contributed by atoms with Crippen molar-refractivity contribution in [2.75, 3.05) is 25.9 Å². The van der Waals surface area contributed by atoms with Crippen molar-refractivity contribution in [1.29, 1.82) is 0 Å². The largest absolute Gasteiger partial charge is 0.327 e. The topological polar surface area (TPSA) is 67.2 Å². The van der Waals surface area contributed by atoms with Gasteiger partial charge in [0, 0.05) is 31.0 Å². The number of nitrogens with one attached hydrogen (secondary N) is 1. The molecule has 7 heteroatoms. The molecule has 0 radical (unpaired) electrons. The first-order valence-corrected chi connectivity index (χ1v) is 15.7. The maximum absolute atomic E-state index is 11.9. The number of likely N-dealkylation sites (tertiary alicyclic amines) is 1. The molecule has 200 valence electrons. The first-order valence-electron chi connectivity index (χ1n) is 13.9. The molecule has 2 aromatic carbocycles. The van der Waals surface area contributed by atoms with Crippen molar-refractivity contribution in [2.45, 2.75) is 75.8 Å². The summed E-state index contributed by atoms with van der Waals surface area (Å²) in [6.07, 6.45) is 7.48. The van der Waals surface area contributed by atoms with Crippen molar-refractivity contribution >= 4 is 20.9 Å². The molecule has 1 unspecified atom stereocenters. The van der Waals surface area contributed by atoms with E-state index in [0.717, 1.165) is 41.6 Å². The van der Waals surface area contributed by atoms with Crippen molar-refractivity contribution < 1.29 is 8.42 Å². The van der Waals surface area contributed by atoms with Gasteiger partial charge in [0.1, 0.15) is 5.82 Å². The van der Waals surface area contributed by atoms with Gasteiger partial charge in [0.2, 0.25) is 0 Å². The molecule has 6 nitrogen and oxygen atoms in total. The molecule has 5 rings (SSSR count). The second-order valence-corrected chi connectivity index (χ2v) is 13.7. The van der Waals surface area contributed by atoms with E-state index < -0.39 is 9.84 Å². The molecule has 0 amide bonds. The summed E-state index contributed by atoms with van der Waals surface area (Å²) in [5.74, 6) is 2.14. The predicted octanol–water partition coefficient (Wildman–Crippen LogP) is 5.30. The summed E-state index contributed by atoms with van der Waals surface area (Å²) in [6, 6.07) is 13.2. The average Bonchev–Trinajstić information content (AvgIpc) is 3.20. The summed E-state index contributed by atoms with van der Waals surface area (Å²) in [5.41, 5.74) is 5.76. The minimum Gasteiger partial charge on any atom is -0.327 e. The van der Waals surface area contributed by atoms with Gasteiger partial charge in [0.15, 0.2) is 9.84 Å². The molecule has 2 fully saturated rings. The van der Waals surface area contributed by atoms with Crippen LogP contribution in [0.2, 0.25) is 0 Å².